The number of carboxylic acids is 1. The van der Waals surface area contributed by atoms with Gasteiger partial charge in [-0.1, -0.05) is 48.6 Å². The lowest BCUT2D eigenvalue weighted by Crippen LogP contribution is -2.31. The zero-order chi connectivity index (χ0) is 19.7. The summed E-state index contributed by atoms with van der Waals surface area (Å²) in [4.78, 5) is 36.3. The highest BCUT2D eigenvalue weighted by atomic mass is 16.4. The Morgan fingerprint density at radius 3 is 2.57 bits per heavy atom. The number of carboxylic acid groups (broad SMARTS) is 1. The summed E-state index contributed by atoms with van der Waals surface area (Å²) in [5.41, 5.74) is 1.94. The lowest BCUT2D eigenvalue weighted by molar-refractivity contribution is 0.0694. The lowest BCUT2D eigenvalue weighted by atomic mass is 9.91. The summed E-state index contributed by atoms with van der Waals surface area (Å²) in [6.07, 6.45) is 12.4. The fraction of sp³-hybridized carbons (Fsp3) is 0.261. The van der Waals surface area contributed by atoms with Crippen LogP contribution >= 0.6 is 0 Å². The smallest absolute Gasteiger partial charge is 0.341 e. The molecule has 4 rings (SSSR count). The lowest BCUT2D eigenvalue weighted by Gasteiger charge is -2.21. The van der Waals surface area contributed by atoms with Gasteiger partial charge in [0.05, 0.1) is 5.56 Å². The fourth-order valence-corrected chi connectivity index (χ4v) is 3.99. The van der Waals surface area contributed by atoms with E-state index in [0.717, 1.165) is 12.0 Å². The molecule has 2 aliphatic carbocycles. The van der Waals surface area contributed by atoms with Crippen molar-refractivity contribution in [3.63, 3.8) is 0 Å². The molecule has 0 saturated carbocycles. The fourth-order valence-electron chi connectivity index (χ4n) is 3.99. The maximum atomic E-state index is 12.5. The molecular weight excluding hydrogens is 354 g/mol. The van der Waals surface area contributed by atoms with Crippen molar-refractivity contribution in [2.45, 2.75) is 38.1 Å². The van der Waals surface area contributed by atoms with Gasteiger partial charge in [-0.2, -0.15) is 0 Å². The van der Waals surface area contributed by atoms with Gasteiger partial charge in [0, 0.05) is 30.8 Å². The molecule has 2 aromatic rings. The SMILES string of the molecule is O=C(O)c1cn(Cc2ccc(C3C=CC=CC3)cc2)c2c(c1=O)C(=O)CCC2. The zero-order valence-electron chi connectivity index (χ0n) is 15.4. The minimum atomic E-state index is -1.30. The molecule has 142 valence electrons. The summed E-state index contributed by atoms with van der Waals surface area (Å²) in [5.74, 6) is -1.18. The highest BCUT2D eigenvalue weighted by molar-refractivity contribution is 6.00. The van der Waals surface area contributed by atoms with Gasteiger partial charge in [0.2, 0.25) is 5.43 Å². The average molecular weight is 375 g/mol. The van der Waals surface area contributed by atoms with E-state index in [4.69, 9.17) is 0 Å². The van der Waals surface area contributed by atoms with Crippen LogP contribution in [0.1, 0.15) is 62.7 Å². The molecule has 5 nitrogen and oxygen atoms in total. The monoisotopic (exact) mass is 375 g/mol. The molecule has 0 aliphatic heterocycles. The number of nitrogens with zero attached hydrogens (tertiary/aromatic N) is 1. The number of ketones is 1. The van der Waals surface area contributed by atoms with Crippen molar-refractivity contribution < 1.29 is 14.7 Å². The molecule has 0 saturated heterocycles. The molecule has 1 aromatic heterocycles. The number of Topliss-reactive ketones (excluding diaryl/α,β-unsaturated/α-hetero) is 1. The predicted molar refractivity (Wildman–Crippen MR) is 106 cm³/mol. The van der Waals surface area contributed by atoms with Crippen molar-refractivity contribution in [1.82, 2.24) is 4.57 Å². The van der Waals surface area contributed by atoms with Gasteiger partial charge in [0.25, 0.3) is 0 Å². The Kier molecular flexibility index (Phi) is 4.82. The third-order valence-corrected chi connectivity index (χ3v) is 5.46. The second-order valence-electron chi connectivity index (χ2n) is 7.30. The number of pyridine rings is 1. The van der Waals surface area contributed by atoms with E-state index in [2.05, 4.69) is 30.4 Å². The number of aromatic carboxylic acids is 1. The molecule has 0 bridgehead atoms. The molecule has 1 unspecified atom stereocenters. The number of allylic oxidation sites excluding steroid dienone is 4. The van der Waals surface area contributed by atoms with Crippen LogP contribution in [-0.2, 0) is 13.0 Å². The summed E-state index contributed by atoms with van der Waals surface area (Å²) in [7, 11) is 0. The van der Waals surface area contributed by atoms with Gasteiger partial charge >= 0.3 is 5.97 Å². The van der Waals surface area contributed by atoms with E-state index in [9.17, 15) is 19.5 Å². The summed E-state index contributed by atoms with van der Waals surface area (Å²) in [6.45, 7) is 0.427. The second kappa shape index (κ2) is 7.43. The second-order valence-corrected chi connectivity index (χ2v) is 7.30. The molecule has 0 fully saturated rings. The number of hydrogen-bond acceptors (Lipinski definition) is 3. The van der Waals surface area contributed by atoms with Crippen LogP contribution in [0.15, 0.2) is 59.6 Å². The van der Waals surface area contributed by atoms with Crippen LogP contribution in [-0.4, -0.2) is 21.4 Å². The largest absolute Gasteiger partial charge is 0.477 e. The molecule has 28 heavy (non-hydrogen) atoms. The van der Waals surface area contributed by atoms with Gasteiger partial charge < -0.3 is 9.67 Å². The van der Waals surface area contributed by atoms with E-state index in [1.807, 2.05) is 18.2 Å². The molecule has 0 spiro atoms. The van der Waals surface area contributed by atoms with Crippen LogP contribution < -0.4 is 5.43 Å². The van der Waals surface area contributed by atoms with Crippen molar-refractivity contribution >= 4 is 11.8 Å². The van der Waals surface area contributed by atoms with E-state index in [1.54, 1.807) is 4.57 Å². The molecule has 1 aromatic carbocycles. The number of aromatic nitrogens is 1. The van der Waals surface area contributed by atoms with Crippen LogP contribution in [0.25, 0.3) is 0 Å². The molecule has 0 radical (unpaired) electrons. The standard InChI is InChI=1S/C23H21NO4/c25-20-8-4-7-19-21(20)22(26)18(23(27)28)14-24(19)13-15-9-11-17(12-10-15)16-5-2-1-3-6-16/h1-3,5,9-12,14,16H,4,6-8,13H2,(H,27,28). The van der Waals surface area contributed by atoms with Gasteiger partial charge in [-0.25, -0.2) is 4.79 Å². The highest BCUT2D eigenvalue weighted by Gasteiger charge is 2.27. The summed E-state index contributed by atoms with van der Waals surface area (Å²) in [5, 5.41) is 9.39. The minimum absolute atomic E-state index is 0.0573. The first-order chi connectivity index (χ1) is 13.5. The van der Waals surface area contributed by atoms with Crippen LogP contribution in [0.5, 0.6) is 0 Å². The number of rotatable bonds is 4. The van der Waals surface area contributed by atoms with E-state index in [1.165, 1.54) is 11.8 Å². The molecule has 2 aliphatic rings. The number of carbonyl (C=O) groups is 2. The minimum Gasteiger partial charge on any atom is -0.477 e. The van der Waals surface area contributed by atoms with E-state index >= 15 is 0 Å². The number of carbonyl (C=O) groups excluding carboxylic acids is 1. The Hall–Kier alpha value is -3.21. The maximum absolute atomic E-state index is 12.5. The van der Waals surface area contributed by atoms with Crippen molar-refractivity contribution in [3.05, 3.63) is 92.9 Å². The molecule has 1 N–H and O–H groups in total. The number of hydrogen-bond donors (Lipinski definition) is 1. The van der Waals surface area contributed by atoms with Crippen LogP contribution in [0.3, 0.4) is 0 Å². The first-order valence-electron chi connectivity index (χ1n) is 9.49. The van der Waals surface area contributed by atoms with Gasteiger partial charge in [-0.3, -0.25) is 9.59 Å². The Morgan fingerprint density at radius 2 is 1.89 bits per heavy atom. The van der Waals surface area contributed by atoms with E-state index in [-0.39, 0.29) is 16.9 Å². The van der Waals surface area contributed by atoms with Gasteiger partial charge in [0.1, 0.15) is 5.56 Å². The maximum Gasteiger partial charge on any atom is 0.341 e. The normalized spacial score (nSPS) is 18.1. The first-order valence-corrected chi connectivity index (χ1v) is 9.49. The Morgan fingerprint density at radius 1 is 1.11 bits per heavy atom. The van der Waals surface area contributed by atoms with Gasteiger partial charge in [-0.05, 0) is 30.4 Å². The zero-order valence-corrected chi connectivity index (χ0v) is 15.4. The van der Waals surface area contributed by atoms with Crippen LogP contribution in [0, 0.1) is 0 Å². The van der Waals surface area contributed by atoms with Crippen LogP contribution in [0.2, 0.25) is 0 Å². The van der Waals surface area contributed by atoms with Crippen LogP contribution in [0.4, 0.5) is 0 Å². The Bertz CT molecular complexity index is 1060. The highest BCUT2D eigenvalue weighted by Crippen LogP contribution is 2.25. The summed E-state index contributed by atoms with van der Waals surface area (Å²) in [6, 6.07) is 8.22. The third-order valence-electron chi connectivity index (χ3n) is 5.46. The van der Waals surface area contributed by atoms with Gasteiger partial charge in [-0.15, -0.1) is 0 Å². The average Bonchev–Trinajstić information content (AvgIpc) is 2.71. The third kappa shape index (κ3) is 3.36. The first kappa shape index (κ1) is 18.2. The van der Waals surface area contributed by atoms with Crippen molar-refractivity contribution in [3.8, 4) is 0 Å². The summed E-state index contributed by atoms with van der Waals surface area (Å²) >= 11 is 0. The predicted octanol–water partition coefficient (Wildman–Crippen LogP) is 3.71. The topological polar surface area (TPSA) is 76.4 Å². The number of fused-ring (bicyclic) bond motifs is 1. The van der Waals surface area contributed by atoms with Crippen molar-refractivity contribution in [1.29, 1.82) is 0 Å². The van der Waals surface area contributed by atoms with Crippen molar-refractivity contribution in [2.24, 2.45) is 0 Å². The molecule has 5 heteroatoms. The Balaban J connectivity index is 1.69. The van der Waals surface area contributed by atoms with Gasteiger partial charge in [0.15, 0.2) is 5.78 Å². The number of benzene rings is 1. The molecule has 1 atom stereocenters. The van der Waals surface area contributed by atoms with E-state index < -0.39 is 11.4 Å². The Labute approximate surface area is 162 Å². The van der Waals surface area contributed by atoms with Crippen molar-refractivity contribution in [2.75, 3.05) is 0 Å². The van der Waals surface area contributed by atoms with E-state index in [0.29, 0.717) is 37.4 Å². The molecular formula is C23H21NO4. The molecule has 1 heterocycles. The molecule has 0 amide bonds. The summed E-state index contributed by atoms with van der Waals surface area (Å²) < 4.78 is 1.76. The quantitative estimate of drug-likeness (QED) is 0.884.